The van der Waals surface area contributed by atoms with E-state index in [1.165, 1.54) is 0 Å². The molecular formula is C5H13ClN2S. The minimum absolute atomic E-state index is 0. The van der Waals surface area contributed by atoms with Crippen LogP contribution in [0.5, 0.6) is 0 Å². The Bertz CT molecular complexity index is 60.9. The highest BCUT2D eigenvalue weighted by Crippen LogP contribution is 1.95. The van der Waals surface area contributed by atoms with Crippen LogP contribution in [0.4, 0.5) is 0 Å². The number of nitrogens with two attached hydrogens (primary N) is 1. The van der Waals surface area contributed by atoms with Crippen LogP contribution >= 0.6 is 24.2 Å². The van der Waals surface area contributed by atoms with E-state index in [1.54, 1.807) is 0 Å². The number of hydrogen-bond donors (Lipinski definition) is 2. The average molecular weight is 169 g/mol. The van der Waals surface area contributed by atoms with Gasteiger partial charge in [0.2, 0.25) is 0 Å². The zero-order chi connectivity index (χ0) is 6.24. The monoisotopic (exact) mass is 168 g/mol. The summed E-state index contributed by atoms with van der Waals surface area (Å²) in [6.07, 6.45) is 1.89. The normalized spacial score (nSPS) is 8.11. The van der Waals surface area contributed by atoms with Crippen LogP contribution in [0.3, 0.4) is 0 Å². The van der Waals surface area contributed by atoms with Crippen LogP contribution in [-0.4, -0.2) is 18.1 Å². The molecule has 0 aliphatic rings. The van der Waals surface area contributed by atoms with Crippen LogP contribution in [0.25, 0.3) is 0 Å². The lowest BCUT2D eigenvalue weighted by Gasteiger charge is -1.94. The summed E-state index contributed by atoms with van der Waals surface area (Å²) in [5.74, 6) is 7.10. The molecule has 0 unspecified atom stereocenters. The maximum absolute atomic E-state index is 5.02. The number of nitrogens with one attached hydrogen (secondary N) is 1. The minimum atomic E-state index is 0. The number of halogens is 1. The smallest absolute Gasteiger partial charge is 0.0188 e. The van der Waals surface area contributed by atoms with Gasteiger partial charge in [0.15, 0.2) is 0 Å². The largest absolute Gasteiger partial charge is 0.271 e. The van der Waals surface area contributed by atoms with Crippen molar-refractivity contribution in [3.8, 4) is 0 Å². The lowest BCUT2D eigenvalue weighted by atomic mass is 10.8. The Morgan fingerprint density at radius 2 is 2.33 bits per heavy atom. The first-order chi connectivity index (χ1) is 3.91. The molecule has 0 heterocycles. The van der Waals surface area contributed by atoms with Gasteiger partial charge in [-0.05, 0) is 0 Å². The van der Waals surface area contributed by atoms with Crippen molar-refractivity contribution in [3.63, 3.8) is 0 Å². The molecular weight excluding hydrogens is 156 g/mol. The number of rotatable bonds is 5. The first-order valence-electron chi connectivity index (χ1n) is 2.54. The lowest BCUT2D eigenvalue weighted by molar-refractivity contribution is 0.787. The molecule has 0 aromatic rings. The van der Waals surface area contributed by atoms with E-state index < -0.39 is 0 Å². The van der Waals surface area contributed by atoms with Gasteiger partial charge >= 0.3 is 0 Å². The van der Waals surface area contributed by atoms with Gasteiger partial charge in [-0.2, -0.15) is 11.8 Å². The van der Waals surface area contributed by atoms with Gasteiger partial charge in [0.1, 0.15) is 0 Å². The van der Waals surface area contributed by atoms with Crippen molar-refractivity contribution in [1.82, 2.24) is 5.43 Å². The molecule has 0 aromatic heterocycles. The van der Waals surface area contributed by atoms with Crippen molar-refractivity contribution in [2.45, 2.75) is 0 Å². The Morgan fingerprint density at radius 1 is 1.67 bits per heavy atom. The van der Waals surface area contributed by atoms with E-state index in [2.05, 4.69) is 12.0 Å². The highest BCUT2D eigenvalue weighted by molar-refractivity contribution is 7.99. The summed E-state index contributed by atoms with van der Waals surface area (Å²) in [7, 11) is 0. The predicted molar refractivity (Wildman–Crippen MR) is 47.0 cm³/mol. The molecule has 0 saturated carbocycles. The van der Waals surface area contributed by atoms with Crippen LogP contribution in [-0.2, 0) is 0 Å². The molecule has 0 rings (SSSR count). The lowest BCUT2D eigenvalue weighted by Crippen LogP contribution is -2.24. The zero-order valence-electron chi connectivity index (χ0n) is 5.30. The molecule has 4 heteroatoms. The van der Waals surface area contributed by atoms with Crippen molar-refractivity contribution in [1.29, 1.82) is 0 Å². The first-order valence-corrected chi connectivity index (χ1v) is 3.69. The van der Waals surface area contributed by atoms with Gasteiger partial charge in [0.05, 0.1) is 0 Å². The molecule has 56 valence electrons. The molecule has 0 bridgehead atoms. The fourth-order valence-electron chi connectivity index (χ4n) is 0.298. The molecule has 0 atom stereocenters. The SMILES string of the molecule is C=CCSCCNN.Cl. The van der Waals surface area contributed by atoms with E-state index in [1.807, 2.05) is 17.8 Å². The fraction of sp³-hybridized carbons (Fsp3) is 0.600. The zero-order valence-corrected chi connectivity index (χ0v) is 6.93. The maximum Gasteiger partial charge on any atom is 0.0188 e. The highest BCUT2D eigenvalue weighted by atomic mass is 35.5. The molecule has 0 aliphatic carbocycles. The van der Waals surface area contributed by atoms with Gasteiger partial charge in [-0.3, -0.25) is 11.3 Å². The third-order valence-corrected chi connectivity index (χ3v) is 1.59. The van der Waals surface area contributed by atoms with Crippen molar-refractivity contribution >= 4 is 24.2 Å². The van der Waals surface area contributed by atoms with Crippen molar-refractivity contribution < 1.29 is 0 Å². The molecule has 0 aromatic carbocycles. The minimum Gasteiger partial charge on any atom is -0.271 e. The Kier molecular flexibility index (Phi) is 14.9. The van der Waals surface area contributed by atoms with Gasteiger partial charge in [0, 0.05) is 18.1 Å². The molecule has 0 aliphatic heterocycles. The van der Waals surface area contributed by atoms with E-state index in [0.717, 1.165) is 18.1 Å². The van der Waals surface area contributed by atoms with Crippen molar-refractivity contribution in [2.24, 2.45) is 5.84 Å². The molecule has 9 heavy (non-hydrogen) atoms. The summed E-state index contributed by atoms with van der Waals surface area (Å²) in [6, 6.07) is 0. The number of hydrogen-bond acceptors (Lipinski definition) is 3. The van der Waals surface area contributed by atoms with E-state index in [-0.39, 0.29) is 12.4 Å². The van der Waals surface area contributed by atoms with E-state index in [0.29, 0.717) is 0 Å². The average Bonchev–Trinajstić information content (AvgIpc) is 1.81. The summed E-state index contributed by atoms with van der Waals surface area (Å²) in [5.41, 5.74) is 2.57. The molecule has 0 radical (unpaired) electrons. The molecule has 3 N–H and O–H groups in total. The summed E-state index contributed by atoms with van der Waals surface area (Å²) < 4.78 is 0. The van der Waals surface area contributed by atoms with E-state index in [4.69, 9.17) is 5.84 Å². The molecule has 0 fully saturated rings. The number of thioether (sulfide) groups is 1. The van der Waals surface area contributed by atoms with Gasteiger partial charge in [-0.25, -0.2) is 0 Å². The van der Waals surface area contributed by atoms with Crippen molar-refractivity contribution in [3.05, 3.63) is 12.7 Å². The van der Waals surface area contributed by atoms with Crippen LogP contribution in [0.1, 0.15) is 0 Å². The molecule has 0 saturated heterocycles. The first kappa shape index (κ1) is 12.0. The van der Waals surface area contributed by atoms with Crippen LogP contribution < -0.4 is 11.3 Å². The van der Waals surface area contributed by atoms with Gasteiger partial charge < -0.3 is 0 Å². The molecule has 0 amide bonds. The van der Waals surface area contributed by atoms with Crippen LogP contribution in [0.15, 0.2) is 12.7 Å². The second kappa shape index (κ2) is 11.1. The highest BCUT2D eigenvalue weighted by Gasteiger charge is 1.80. The summed E-state index contributed by atoms with van der Waals surface area (Å²) in [4.78, 5) is 0. The third kappa shape index (κ3) is 11.7. The number of hydrazine groups is 1. The van der Waals surface area contributed by atoms with Gasteiger partial charge in [-0.15, -0.1) is 19.0 Å². The summed E-state index contributed by atoms with van der Waals surface area (Å²) in [6.45, 7) is 4.46. The quantitative estimate of drug-likeness (QED) is 0.276. The van der Waals surface area contributed by atoms with Gasteiger partial charge in [0.25, 0.3) is 0 Å². The fourth-order valence-corrected chi connectivity index (χ4v) is 0.893. The van der Waals surface area contributed by atoms with Gasteiger partial charge in [-0.1, -0.05) is 6.08 Å². The standard InChI is InChI=1S/C5H12N2S.ClH/c1-2-4-8-5-3-7-6;/h2,7H,1,3-6H2;1H. The molecule has 0 spiro atoms. The second-order valence-electron chi connectivity index (χ2n) is 1.32. The Hall–Kier alpha value is 0.300. The summed E-state index contributed by atoms with van der Waals surface area (Å²) in [5, 5.41) is 0. The Balaban J connectivity index is 0. The predicted octanol–water partition coefficient (Wildman–Crippen LogP) is 0.791. The van der Waals surface area contributed by atoms with E-state index in [9.17, 15) is 0 Å². The van der Waals surface area contributed by atoms with Crippen LogP contribution in [0.2, 0.25) is 0 Å². The van der Waals surface area contributed by atoms with E-state index >= 15 is 0 Å². The Morgan fingerprint density at radius 3 is 2.78 bits per heavy atom. The summed E-state index contributed by atoms with van der Waals surface area (Å²) >= 11 is 1.82. The third-order valence-electron chi connectivity index (χ3n) is 0.626. The van der Waals surface area contributed by atoms with Crippen LogP contribution in [0, 0.1) is 0 Å². The maximum atomic E-state index is 5.02. The topological polar surface area (TPSA) is 38.0 Å². The molecule has 2 nitrogen and oxygen atoms in total. The van der Waals surface area contributed by atoms with Crippen molar-refractivity contribution in [2.75, 3.05) is 18.1 Å². The Labute approximate surface area is 66.6 Å². The second-order valence-corrected chi connectivity index (χ2v) is 2.47.